The number of rotatable bonds is 4. The van der Waals surface area contributed by atoms with Crippen molar-refractivity contribution in [3.8, 4) is 5.75 Å². The lowest BCUT2D eigenvalue weighted by Crippen LogP contribution is -2.49. The number of nitro groups is 1. The van der Waals surface area contributed by atoms with Crippen LogP contribution < -0.4 is 10.1 Å². The van der Waals surface area contributed by atoms with Crippen LogP contribution in [0.3, 0.4) is 0 Å². The third kappa shape index (κ3) is 3.21. The maximum atomic E-state index is 10.9. The molecular weight excluding hydrogens is 246 g/mol. The van der Waals surface area contributed by atoms with Gasteiger partial charge in [-0.3, -0.25) is 15.0 Å². The maximum absolute atomic E-state index is 10.9. The van der Waals surface area contributed by atoms with Gasteiger partial charge in [0, 0.05) is 49.9 Å². The van der Waals surface area contributed by atoms with Crippen LogP contribution in [0.5, 0.6) is 5.75 Å². The highest BCUT2D eigenvalue weighted by atomic mass is 16.6. The molecule has 0 aromatic heterocycles. The standard InChI is InChI=1S/C13H19N3O3/c1-10-8-14-5-6-15(10)9-11-7-12(16(17)18)3-4-13(11)19-2/h3-4,7,10,14H,5-6,8-9H2,1-2H3/t10-/m0/s1. The summed E-state index contributed by atoms with van der Waals surface area (Å²) in [5, 5.41) is 14.2. The zero-order valence-corrected chi connectivity index (χ0v) is 11.3. The predicted molar refractivity (Wildman–Crippen MR) is 72.4 cm³/mol. The summed E-state index contributed by atoms with van der Waals surface area (Å²) >= 11 is 0. The van der Waals surface area contributed by atoms with Gasteiger partial charge in [0.15, 0.2) is 0 Å². The van der Waals surface area contributed by atoms with Crippen molar-refractivity contribution in [2.75, 3.05) is 26.7 Å². The van der Waals surface area contributed by atoms with E-state index < -0.39 is 0 Å². The van der Waals surface area contributed by atoms with Gasteiger partial charge < -0.3 is 10.1 Å². The predicted octanol–water partition coefficient (Wildman–Crippen LogP) is 1.40. The molecule has 0 aliphatic carbocycles. The van der Waals surface area contributed by atoms with E-state index in [0.717, 1.165) is 25.2 Å². The lowest BCUT2D eigenvalue weighted by atomic mass is 10.1. The van der Waals surface area contributed by atoms with Crippen LogP contribution in [-0.4, -0.2) is 42.6 Å². The number of nitrogens with zero attached hydrogens (tertiary/aromatic N) is 2. The van der Waals surface area contributed by atoms with Crippen molar-refractivity contribution in [1.82, 2.24) is 10.2 Å². The second-order valence-electron chi connectivity index (χ2n) is 4.78. The Bertz CT molecular complexity index is 464. The first kappa shape index (κ1) is 13.8. The molecule has 1 aromatic carbocycles. The summed E-state index contributed by atoms with van der Waals surface area (Å²) < 4.78 is 5.29. The molecule has 1 N–H and O–H groups in total. The first-order valence-corrected chi connectivity index (χ1v) is 6.38. The number of benzene rings is 1. The zero-order chi connectivity index (χ0) is 13.8. The molecule has 1 saturated heterocycles. The largest absolute Gasteiger partial charge is 0.496 e. The molecule has 2 rings (SSSR count). The molecule has 1 aromatic rings. The van der Waals surface area contributed by atoms with Crippen molar-refractivity contribution < 1.29 is 9.66 Å². The first-order chi connectivity index (χ1) is 9.11. The molecule has 0 bridgehead atoms. The van der Waals surface area contributed by atoms with E-state index in [1.54, 1.807) is 19.2 Å². The van der Waals surface area contributed by atoms with E-state index in [1.165, 1.54) is 6.07 Å². The third-order valence-electron chi connectivity index (χ3n) is 3.49. The zero-order valence-electron chi connectivity index (χ0n) is 11.3. The van der Waals surface area contributed by atoms with Gasteiger partial charge in [-0.2, -0.15) is 0 Å². The van der Waals surface area contributed by atoms with Gasteiger partial charge in [0.2, 0.25) is 0 Å². The highest BCUT2D eigenvalue weighted by Gasteiger charge is 2.20. The van der Waals surface area contributed by atoms with Crippen LogP contribution in [0.25, 0.3) is 0 Å². The fourth-order valence-electron chi connectivity index (χ4n) is 2.34. The molecule has 0 unspecified atom stereocenters. The van der Waals surface area contributed by atoms with Crippen molar-refractivity contribution in [3.63, 3.8) is 0 Å². The lowest BCUT2D eigenvalue weighted by Gasteiger charge is -2.34. The van der Waals surface area contributed by atoms with Gasteiger partial charge in [-0.15, -0.1) is 0 Å². The van der Waals surface area contributed by atoms with Crippen LogP contribution in [-0.2, 0) is 6.54 Å². The smallest absolute Gasteiger partial charge is 0.270 e. The monoisotopic (exact) mass is 265 g/mol. The Morgan fingerprint density at radius 1 is 1.58 bits per heavy atom. The maximum Gasteiger partial charge on any atom is 0.270 e. The molecule has 1 atom stereocenters. The molecule has 0 spiro atoms. The molecule has 0 radical (unpaired) electrons. The molecule has 6 nitrogen and oxygen atoms in total. The van der Waals surface area contributed by atoms with Crippen LogP contribution in [0.2, 0.25) is 0 Å². The van der Waals surface area contributed by atoms with E-state index in [4.69, 9.17) is 4.74 Å². The topological polar surface area (TPSA) is 67.6 Å². The van der Waals surface area contributed by atoms with E-state index in [2.05, 4.69) is 17.1 Å². The summed E-state index contributed by atoms with van der Waals surface area (Å²) in [6.07, 6.45) is 0. The Morgan fingerprint density at radius 2 is 2.37 bits per heavy atom. The van der Waals surface area contributed by atoms with Gasteiger partial charge >= 0.3 is 0 Å². The second-order valence-corrected chi connectivity index (χ2v) is 4.78. The summed E-state index contributed by atoms with van der Waals surface area (Å²) in [5.74, 6) is 0.705. The molecule has 1 fully saturated rings. The Hall–Kier alpha value is -1.66. The van der Waals surface area contributed by atoms with Gasteiger partial charge in [-0.25, -0.2) is 0 Å². The number of hydrogen-bond donors (Lipinski definition) is 1. The Labute approximate surface area is 112 Å². The number of methoxy groups -OCH3 is 1. The Kier molecular flexibility index (Phi) is 4.34. The minimum atomic E-state index is -0.371. The molecular formula is C13H19N3O3. The molecule has 104 valence electrons. The highest BCUT2D eigenvalue weighted by molar-refractivity contribution is 5.43. The third-order valence-corrected chi connectivity index (χ3v) is 3.49. The molecule has 0 saturated carbocycles. The van der Waals surface area contributed by atoms with E-state index >= 15 is 0 Å². The number of non-ortho nitro benzene ring substituents is 1. The van der Waals surface area contributed by atoms with Crippen LogP contribution in [0.1, 0.15) is 12.5 Å². The fraction of sp³-hybridized carbons (Fsp3) is 0.538. The van der Waals surface area contributed by atoms with Crippen molar-refractivity contribution in [2.45, 2.75) is 19.5 Å². The first-order valence-electron chi connectivity index (χ1n) is 6.38. The van der Waals surface area contributed by atoms with Crippen LogP contribution in [0, 0.1) is 10.1 Å². The number of nitrogens with one attached hydrogen (secondary N) is 1. The van der Waals surface area contributed by atoms with Gasteiger partial charge in [-0.1, -0.05) is 0 Å². The summed E-state index contributed by atoms with van der Waals surface area (Å²) in [7, 11) is 1.59. The van der Waals surface area contributed by atoms with Crippen molar-refractivity contribution in [3.05, 3.63) is 33.9 Å². The minimum Gasteiger partial charge on any atom is -0.496 e. The quantitative estimate of drug-likeness (QED) is 0.658. The lowest BCUT2D eigenvalue weighted by molar-refractivity contribution is -0.385. The SMILES string of the molecule is COc1ccc([N+](=O)[O-])cc1CN1CCNC[C@@H]1C. The van der Waals surface area contributed by atoms with Gasteiger partial charge in [-0.05, 0) is 13.0 Å². The Morgan fingerprint density at radius 3 is 3.00 bits per heavy atom. The summed E-state index contributed by atoms with van der Waals surface area (Å²) in [5.41, 5.74) is 0.976. The average molecular weight is 265 g/mol. The molecule has 0 amide bonds. The fourth-order valence-corrected chi connectivity index (χ4v) is 2.34. The normalized spacial score (nSPS) is 20.2. The van der Waals surface area contributed by atoms with Crippen molar-refractivity contribution >= 4 is 5.69 Å². The van der Waals surface area contributed by atoms with Crippen molar-refractivity contribution in [1.29, 1.82) is 0 Å². The second kappa shape index (κ2) is 5.99. The van der Waals surface area contributed by atoms with Crippen molar-refractivity contribution in [2.24, 2.45) is 0 Å². The molecule has 1 aliphatic rings. The Balaban J connectivity index is 2.21. The highest BCUT2D eigenvalue weighted by Crippen LogP contribution is 2.26. The minimum absolute atomic E-state index is 0.110. The molecule has 6 heteroatoms. The summed E-state index contributed by atoms with van der Waals surface area (Å²) in [6.45, 7) is 5.65. The van der Waals surface area contributed by atoms with Crippen LogP contribution in [0.15, 0.2) is 18.2 Å². The number of hydrogen-bond acceptors (Lipinski definition) is 5. The van der Waals surface area contributed by atoms with Gasteiger partial charge in [0.05, 0.1) is 12.0 Å². The van der Waals surface area contributed by atoms with Crippen LogP contribution in [0.4, 0.5) is 5.69 Å². The number of piperazine rings is 1. The molecule has 19 heavy (non-hydrogen) atoms. The average Bonchev–Trinajstić information content (AvgIpc) is 2.41. The van der Waals surface area contributed by atoms with E-state index in [1.807, 2.05) is 0 Å². The molecule has 1 aliphatic heterocycles. The van der Waals surface area contributed by atoms with E-state index in [0.29, 0.717) is 18.3 Å². The number of nitro benzene ring substituents is 1. The summed E-state index contributed by atoms with van der Waals surface area (Å²) in [4.78, 5) is 12.8. The number of ether oxygens (including phenoxy) is 1. The molecule has 1 heterocycles. The van der Waals surface area contributed by atoms with E-state index in [9.17, 15) is 10.1 Å². The van der Waals surface area contributed by atoms with Gasteiger partial charge in [0.25, 0.3) is 5.69 Å². The van der Waals surface area contributed by atoms with Gasteiger partial charge in [0.1, 0.15) is 5.75 Å². The van der Waals surface area contributed by atoms with Crippen LogP contribution >= 0.6 is 0 Å². The summed E-state index contributed by atoms with van der Waals surface area (Å²) in [6, 6.07) is 5.16. The van der Waals surface area contributed by atoms with E-state index in [-0.39, 0.29) is 10.6 Å².